The second-order valence-corrected chi connectivity index (χ2v) is 5.72. The van der Waals surface area contributed by atoms with Crippen LogP contribution in [0.4, 0.5) is 0 Å². The van der Waals surface area contributed by atoms with E-state index in [1.807, 2.05) is 0 Å². The molecule has 1 saturated carbocycles. The minimum absolute atomic E-state index is 0.587. The van der Waals surface area contributed by atoms with Crippen molar-refractivity contribution in [2.45, 2.75) is 64.3 Å². The van der Waals surface area contributed by atoms with Gasteiger partial charge in [-0.2, -0.15) is 0 Å². The van der Waals surface area contributed by atoms with E-state index in [1.54, 1.807) is 0 Å². The molecule has 0 amide bonds. The van der Waals surface area contributed by atoms with Gasteiger partial charge in [-0.15, -0.1) is 0 Å². The van der Waals surface area contributed by atoms with Gasteiger partial charge in [0.15, 0.2) is 0 Å². The van der Waals surface area contributed by atoms with E-state index in [4.69, 9.17) is 0 Å². The molecule has 1 fully saturated rings. The summed E-state index contributed by atoms with van der Waals surface area (Å²) in [5.74, 6) is 0. The first kappa shape index (κ1) is 11.2. The summed E-state index contributed by atoms with van der Waals surface area (Å²) in [6.07, 6.45) is 15.9. The van der Waals surface area contributed by atoms with Crippen LogP contribution in [0.3, 0.4) is 0 Å². The highest BCUT2D eigenvalue weighted by molar-refractivity contribution is 4.98. The molecule has 0 saturated heterocycles. The van der Waals surface area contributed by atoms with Gasteiger partial charge in [0.1, 0.15) is 0 Å². The van der Waals surface area contributed by atoms with Gasteiger partial charge in [0.05, 0.1) is 0 Å². The average molecular weight is 207 g/mol. The summed E-state index contributed by atoms with van der Waals surface area (Å²) in [5, 5.41) is 3.74. The van der Waals surface area contributed by atoms with Crippen LogP contribution in [0.25, 0.3) is 0 Å². The molecule has 0 aromatic heterocycles. The van der Waals surface area contributed by atoms with Gasteiger partial charge >= 0.3 is 0 Å². The van der Waals surface area contributed by atoms with E-state index < -0.39 is 0 Å². The normalized spacial score (nSPS) is 30.3. The SMILES string of the molecule is CC1(CNC2C=CCCC2)CCCCC1. The van der Waals surface area contributed by atoms with Crippen molar-refractivity contribution in [3.63, 3.8) is 0 Å². The highest BCUT2D eigenvalue weighted by Crippen LogP contribution is 2.35. The molecule has 1 nitrogen and oxygen atoms in total. The van der Waals surface area contributed by atoms with Gasteiger partial charge in [-0.25, -0.2) is 0 Å². The topological polar surface area (TPSA) is 12.0 Å². The van der Waals surface area contributed by atoms with Crippen molar-refractivity contribution >= 4 is 0 Å². The lowest BCUT2D eigenvalue weighted by Gasteiger charge is -2.35. The molecule has 1 atom stereocenters. The van der Waals surface area contributed by atoms with Gasteiger partial charge in [0, 0.05) is 12.6 Å². The highest BCUT2D eigenvalue weighted by atomic mass is 14.9. The Bertz CT molecular complexity index is 213. The van der Waals surface area contributed by atoms with Crippen LogP contribution in [0.15, 0.2) is 12.2 Å². The van der Waals surface area contributed by atoms with E-state index >= 15 is 0 Å². The standard InChI is InChI=1S/C14H25N/c1-14(10-6-3-7-11-14)12-15-13-8-4-2-5-9-13/h4,8,13,15H,2-3,5-7,9-12H2,1H3. The summed E-state index contributed by atoms with van der Waals surface area (Å²) in [6.45, 7) is 3.69. The lowest BCUT2D eigenvalue weighted by Crippen LogP contribution is -2.39. The molecule has 0 heterocycles. The van der Waals surface area contributed by atoms with Crippen molar-refractivity contribution in [1.29, 1.82) is 0 Å². The number of allylic oxidation sites excluding steroid dienone is 1. The molecule has 86 valence electrons. The summed E-state index contributed by atoms with van der Waals surface area (Å²) in [4.78, 5) is 0. The summed E-state index contributed by atoms with van der Waals surface area (Å²) in [6, 6.07) is 0.664. The molecule has 0 spiro atoms. The zero-order chi connectivity index (χ0) is 10.6. The van der Waals surface area contributed by atoms with Crippen LogP contribution in [0, 0.1) is 5.41 Å². The van der Waals surface area contributed by atoms with E-state index in [-0.39, 0.29) is 0 Å². The quantitative estimate of drug-likeness (QED) is 0.696. The first-order valence-electron chi connectivity index (χ1n) is 6.69. The van der Waals surface area contributed by atoms with Gasteiger partial charge in [0.2, 0.25) is 0 Å². The van der Waals surface area contributed by atoms with E-state index in [2.05, 4.69) is 24.4 Å². The summed E-state index contributed by atoms with van der Waals surface area (Å²) in [5.41, 5.74) is 0.587. The summed E-state index contributed by atoms with van der Waals surface area (Å²) >= 11 is 0. The van der Waals surface area contributed by atoms with Crippen LogP contribution in [0.5, 0.6) is 0 Å². The van der Waals surface area contributed by atoms with Gasteiger partial charge in [-0.3, -0.25) is 0 Å². The second kappa shape index (κ2) is 5.16. The third-order valence-electron chi connectivity index (χ3n) is 4.11. The molecule has 15 heavy (non-hydrogen) atoms. The number of hydrogen-bond donors (Lipinski definition) is 1. The first-order chi connectivity index (χ1) is 7.29. The fourth-order valence-corrected chi connectivity index (χ4v) is 2.94. The van der Waals surface area contributed by atoms with E-state index in [0.29, 0.717) is 11.5 Å². The Labute approximate surface area is 94.3 Å². The summed E-state index contributed by atoms with van der Waals surface area (Å²) in [7, 11) is 0. The minimum Gasteiger partial charge on any atom is -0.310 e. The molecule has 0 bridgehead atoms. The minimum atomic E-state index is 0.587. The average Bonchev–Trinajstić information content (AvgIpc) is 2.29. The first-order valence-corrected chi connectivity index (χ1v) is 6.69. The van der Waals surface area contributed by atoms with Crippen molar-refractivity contribution in [1.82, 2.24) is 5.32 Å². The molecular weight excluding hydrogens is 182 g/mol. The van der Waals surface area contributed by atoms with Gasteiger partial charge in [-0.05, 0) is 37.5 Å². The Hall–Kier alpha value is -0.300. The lowest BCUT2D eigenvalue weighted by atomic mass is 9.75. The smallest absolute Gasteiger partial charge is 0.0250 e. The molecule has 0 radical (unpaired) electrons. The maximum Gasteiger partial charge on any atom is 0.0250 e. The number of nitrogens with one attached hydrogen (secondary N) is 1. The van der Waals surface area contributed by atoms with Crippen LogP contribution in [0.2, 0.25) is 0 Å². The molecule has 2 aliphatic carbocycles. The zero-order valence-electron chi connectivity index (χ0n) is 10.1. The molecule has 2 aliphatic rings. The molecule has 1 N–H and O–H groups in total. The Balaban J connectivity index is 1.75. The monoisotopic (exact) mass is 207 g/mol. The van der Waals surface area contributed by atoms with Crippen LogP contribution >= 0.6 is 0 Å². The second-order valence-electron chi connectivity index (χ2n) is 5.72. The number of hydrogen-bond acceptors (Lipinski definition) is 1. The predicted molar refractivity (Wildman–Crippen MR) is 66.0 cm³/mol. The molecular formula is C14H25N. The molecule has 0 aliphatic heterocycles. The lowest BCUT2D eigenvalue weighted by molar-refractivity contribution is 0.202. The molecule has 1 unspecified atom stereocenters. The van der Waals surface area contributed by atoms with Crippen molar-refractivity contribution < 1.29 is 0 Å². The van der Waals surface area contributed by atoms with Crippen molar-refractivity contribution in [3.05, 3.63) is 12.2 Å². The molecule has 0 aromatic rings. The highest BCUT2D eigenvalue weighted by Gasteiger charge is 2.26. The van der Waals surface area contributed by atoms with Crippen molar-refractivity contribution in [3.8, 4) is 0 Å². The Morgan fingerprint density at radius 3 is 2.67 bits per heavy atom. The maximum atomic E-state index is 3.74. The van der Waals surface area contributed by atoms with Crippen LogP contribution in [0.1, 0.15) is 58.3 Å². The third kappa shape index (κ3) is 3.34. The van der Waals surface area contributed by atoms with E-state index in [0.717, 1.165) is 0 Å². The largest absolute Gasteiger partial charge is 0.310 e. The molecule has 0 aromatic carbocycles. The number of rotatable bonds is 3. The van der Waals surface area contributed by atoms with Gasteiger partial charge < -0.3 is 5.32 Å². The molecule has 1 heteroatoms. The predicted octanol–water partition coefficient (Wildman–Crippen LogP) is 3.66. The van der Waals surface area contributed by atoms with E-state index in [9.17, 15) is 0 Å². The van der Waals surface area contributed by atoms with Crippen LogP contribution in [-0.4, -0.2) is 12.6 Å². The van der Waals surface area contributed by atoms with Gasteiger partial charge in [-0.1, -0.05) is 38.3 Å². The van der Waals surface area contributed by atoms with Crippen LogP contribution in [-0.2, 0) is 0 Å². The fourth-order valence-electron chi connectivity index (χ4n) is 2.94. The third-order valence-corrected chi connectivity index (χ3v) is 4.11. The Morgan fingerprint density at radius 2 is 2.00 bits per heavy atom. The maximum absolute atomic E-state index is 3.74. The molecule has 2 rings (SSSR count). The van der Waals surface area contributed by atoms with Crippen molar-refractivity contribution in [2.24, 2.45) is 5.41 Å². The Morgan fingerprint density at radius 1 is 1.20 bits per heavy atom. The van der Waals surface area contributed by atoms with Gasteiger partial charge in [0.25, 0.3) is 0 Å². The fraction of sp³-hybridized carbons (Fsp3) is 0.857. The summed E-state index contributed by atoms with van der Waals surface area (Å²) < 4.78 is 0. The zero-order valence-corrected chi connectivity index (χ0v) is 10.1. The Kier molecular flexibility index (Phi) is 3.85. The van der Waals surface area contributed by atoms with Crippen LogP contribution < -0.4 is 5.32 Å². The van der Waals surface area contributed by atoms with Crippen molar-refractivity contribution in [2.75, 3.05) is 6.54 Å². The van der Waals surface area contributed by atoms with E-state index in [1.165, 1.54) is 57.9 Å².